The molecule has 0 heterocycles. The first-order valence-electron chi connectivity index (χ1n) is 3.38. The normalized spacial score (nSPS) is 13.8. The third-order valence-electron chi connectivity index (χ3n) is 0.878. The molecule has 0 spiro atoms. The molecule has 0 radical (unpaired) electrons. The number of hydrogen-bond acceptors (Lipinski definition) is 0. The van der Waals surface area contributed by atoms with Gasteiger partial charge in [0.1, 0.15) is 0 Å². The van der Waals surface area contributed by atoms with Gasteiger partial charge in [-0.2, -0.15) is 14.1 Å². The van der Waals surface area contributed by atoms with Crippen LogP contribution in [-0.2, 0) is 0 Å². The molecule has 0 aromatic heterocycles. The lowest BCUT2D eigenvalue weighted by molar-refractivity contribution is 1.41. The molecule has 10 heavy (non-hydrogen) atoms. The monoisotopic (exact) mass is 136 g/mol. The van der Waals surface area contributed by atoms with Crippen LogP contribution in [0.1, 0.15) is 6.42 Å². The van der Waals surface area contributed by atoms with E-state index in [1.54, 1.807) is 14.1 Å². The second-order valence-electron chi connectivity index (χ2n) is 1.92. The lowest BCUT2D eigenvalue weighted by atomic mass is 10.4. The van der Waals surface area contributed by atoms with Crippen molar-refractivity contribution in [3.05, 3.63) is 41.8 Å². The summed E-state index contributed by atoms with van der Waals surface area (Å²) < 4.78 is 0. The van der Waals surface area contributed by atoms with Gasteiger partial charge in [-0.3, -0.25) is 0 Å². The summed E-state index contributed by atoms with van der Waals surface area (Å²) in [6.45, 7) is 0. The van der Waals surface area contributed by atoms with Crippen LogP contribution in [0.4, 0.5) is 0 Å². The molecule has 0 aliphatic heterocycles. The fourth-order valence-corrected chi connectivity index (χ4v) is 0.521. The largest absolute Gasteiger partial charge is 0.668 e. The van der Waals surface area contributed by atoms with E-state index in [1.807, 2.05) is 12.2 Å². The average molecular weight is 136 g/mol. The number of rotatable bonds is 0. The minimum Gasteiger partial charge on any atom is -0.668 e. The Balaban J connectivity index is 0.000000236. The molecule has 1 heteroatoms. The molecule has 0 amide bonds. The first-order valence-corrected chi connectivity index (χ1v) is 3.38. The summed E-state index contributed by atoms with van der Waals surface area (Å²) in [5.41, 5.74) is 0. The minimum atomic E-state index is 1.08. The highest BCUT2D eigenvalue weighted by atomic mass is 14.7. The first-order chi connectivity index (χ1) is 4.91. The maximum absolute atomic E-state index is 3.50. The lowest BCUT2D eigenvalue weighted by Crippen LogP contribution is -1.48. The Morgan fingerprint density at radius 3 is 1.70 bits per heavy atom. The highest BCUT2D eigenvalue weighted by Crippen LogP contribution is 1.91. The molecule has 1 aliphatic carbocycles. The van der Waals surface area contributed by atoms with E-state index in [-0.39, 0.29) is 0 Å². The second-order valence-corrected chi connectivity index (χ2v) is 1.92. The molecule has 0 fully saturated rings. The van der Waals surface area contributed by atoms with Crippen molar-refractivity contribution >= 4 is 0 Å². The molecule has 0 bridgehead atoms. The minimum absolute atomic E-state index is 1.08. The fourth-order valence-electron chi connectivity index (χ4n) is 0.521. The van der Waals surface area contributed by atoms with Crippen LogP contribution in [0.15, 0.2) is 36.5 Å². The van der Waals surface area contributed by atoms with E-state index in [0.29, 0.717) is 0 Å². The van der Waals surface area contributed by atoms with E-state index < -0.39 is 0 Å². The van der Waals surface area contributed by atoms with Gasteiger partial charge in [-0.25, -0.2) is 0 Å². The van der Waals surface area contributed by atoms with Gasteiger partial charge in [-0.1, -0.05) is 36.5 Å². The molecule has 0 atom stereocenters. The zero-order valence-corrected chi connectivity index (χ0v) is 6.62. The van der Waals surface area contributed by atoms with E-state index in [4.69, 9.17) is 0 Å². The second kappa shape index (κ2) is 8.18. The predicted molar refractivity (Wildman–Crippen MR) is 47.2 cm³/mol. The Morgan fingerprint density at radius 1 is 0.900 bits per heavy atom. The number of nitrogens with zero attached hydrogens (tertiary/aromatic N) is 1. The van der Waals surface area contributed by atoms with Crippen molar-refractivity contribution in [3.8, 4) is 0 Å². The molecule has 0 saturated carbocycles. The van der Waals surface area contributed by atoms with Crippen LogP contribution in [0.2, 0.25) is 0 Å². The molecule has 0 saturated heterocycles. The van der Waals surface area contributed by atoms with Crippen molar-refractivity contribution in [2.24, 2.45) is 0 Å². The van der Waals surface area contributed by atoms with Crippen LogP contribution in [0.25, 0.3) is 5.32 Å². The van der Waals surface area contributed by atoms with Gasteiger partial charge in [0.25, 0.3) is 0 Å². The third kappa shape index (κ3) is 7.18. The number of allylic oxidation sites excluding steroid dienone is 6. The van der Waals surface area contributed by atoms with E-state index in [2.05, 4.69) is 29.6 Å². The standard InChI is InChI=1S/C7H8.C2H6N/c1-2-4-6-7-5-3-1;1-3-2/h1-6H,7H2;1-2H3/q;-1. The maximum atomic E-state index is 3.50. The van der Waals surface area contributed by atoms with Crippen LogP contribution in [-0.4, -0.2) is 14.1 Å². The van der Waals surface area contributed by atoms with Gasteiger partial charge in [0.15, 0.2) is 0 Å². The number of hydrogen-bond donors (Lipinski definition) is 0. The summed E-state index contributed by atoms with van der Waals surface area (Å²) in [6.07, 6.45) is 13.5. The topological polar surface area (TPSA) is 14.1 Å². The highest BCUT2D eigenvalue weighted by Gasteiger charge is 1.70. The summed E-state index contributed by atoms with van der Waals surface area (Å²) in [5, 5.41) is 3.50. The van der Waals surface area contributed by atoms with Crippen LogP contribution in [0.3, 0.4) is 0 Å². The summed E-state index contributed by atoms with van der Waals surface area (Å²) in [5.74, 6) is 0. The zero-order chi connectivity index (χ0) is 7.66. The SMILES string of the molecule is C1=CC=CCC=C1.C[N-]C. The van der Waals surface area contributed by atoms with Crippen molar-refractivity contribution in [2.45, 2.75) is 6.42 Å². The smallest absolute Gasteiger partial charge is 0.0163 e. The van der Waals surface area contributed by atoms with E-state index in [0.717, 1.165) is 6.42 Å². The predicted octanol–water partition coefficient (Wildman–Crippen LogP) is 2.68. The van der Waals surface area contributed by atoms with Gasteiger partial charge >= 0.3 is 0 Å². The van der Waals surface area contributed by atoms with Crippen molar-refractivity contribution in [3.63, 3.8) is 0 Å². The molecule has 0 unspecified atom stereocenters. The van der Waals surface area contributed by atoms with Crippen molar-refractivity contribution in [1.82, 2.24) is 0 Å². The fraction of sp³-hybridized carbons (Fsp3) is 0.333. The van der Waals surface area contributed by atoms with Crippen molar-refractivity contribution in [2.75, 3.05) is 14.1 Å². The third-order valence-corrected chi connectivity index (χ3v) is 0.878. The molecule has 1 rings (SSSR count). The Labute approximate surface area is 63.1 Å². The zero-order valence-electron chi connectivity index (χ0n) is 6.62. The molecular formula is C9H14N-. The van der Waals surface area contributed by atoms with Crippen LogP contribution in [0, 0.1) is 0 Å². The Morgan fingerprint density at radius 2 is 1.30 bits per heavy atom. The molecule has 56 valence electrons. The van der Waals surface area contributed by atoms with Gasteiger partial charge in [0, 0.05) is 0 Å². The lowest BCUT2D eigenvalue weighted by Gasteiger charge is -1.85. The van der Waals surface area contributed by atoms with Crippen LogP contribution in [0.5, 0.6) is 0 Å². The van der Waals surface area contributed by atoms with Crippen LogP contribution >= 0.6 is 0 Å². The summed E-state index contributed by atoms with van der Waals surface area (Å²) in [7, 11) is 3.50. The van der Waals surface area contributed by atoms with Gasteiger partial charge in [-0.15, -0.1) is 0 Å². The molecule has 0 aromatic carbocycles. The molecule has 0 N–H and O–H groups in total. The van der Waals surface area contributed by atoms with Gasteiger partial charge in [0.05, 0.1) is 0 Å². The molecular weight excluding hydrogens is 122 g/mol. The maximum Gasteiger partial charge on any atom is -0.0163 e. The van der Waals surface area contributed by atoms with Gasteiger partial charge in [0.2, 0.25) is 0 Å². The van der Waals surface area contributed by atoms with Gasteiger partial charge in [-0.05, 0) is 6.42 Å². The van der Waals surface area contributed by atoms with E-state index >= 15 is 0 Å². The molecule has 0 aromatic rings. The Hall–Kier alpha value is -0.820. The Bertz CT molecular complexity index is 118. The highest BCUT2D eigenvalue weighted by molar-refractivity contribution is 5.16. The van der Waals surface area contributed by atoms with Crippen molar-refractivity contribution < 1.29 is 0 Å². The van der Waals surface area contributed by atoms with E-state index in [1.165, 1.54) is 0 Å². The summed E-state index contributed by atoms with van der Waals surface area (Å²) >= 11 is 0. The summed E-state index contributed by atoms with van der Waals surface area (Å²) in [4.78, 5) is 0. The quantitative estimate of drug-likeness (QED) is 0.486. The molecule has 1 aliphatic rings. The summed E-state index contributed by atoms with van der Waals surface area (Å²) in [6, 6.07) is 0. The Kier molecular flexibility index (Phi) is 7.51. The van der Waals surface area contributed by atoms with Crippen LogP contribution < -0.4 is 0 Å². The van der Waals surface area contributed by atoms with E-state index in [9.17, 15) is 0 Å². The first kappa shape index (κ1) is 9.18. The van der Waals surface area contributed by atoms with Gasteiger partial charge < -0.3 is 5.32 Å². The molecule has 1 nitrogen and oxygen atoms in total. The van der Waals surface area contributed by atoms with Crippen molar-refractivity contribution in [1.29, 1.82) is 0 Å². The average Bonchev–Trinajstić information content (AvgIpc) is 2.17.